The lowest BCUT2D eigenvalue weighted by molar-refractivity contribution is 1.26. The molecule has 0 amide bonds. The van der Waals surface area contributed by atoms with E-state index in [1.807, 2.05) is 0 Å². The molecule has 2 aromatic carbocycles. The second-order valence-electron chi connectivity index (χ2n) is 3.78. The maximum atomic E-state index is 4.60. The largest absolute Gasteiger partial charge is 0.120 e. The Labute approximate surface area is 96.9 Å². The number of benzene rings is 2. The summed E-state index contributed by atoms with van der Waals surface area (Å²) in [5.74, 6) is 2.25. The zero-order valence-electron chi connectivity index (χ0n) is 9.40. The van der Waals surface area contributed by atoms with E-state index in [4.69, 9.17) is 0 Å². The van der Waals surface area contributed by atoms with E-state index in [-0.39, 0.29) is 0 Å². The highest BCUT2D eigenvalue weighted by Crippen LogP contribution is 2.35. The first-order chi connectivity index (χ1) is 7.86. The highest BCUT2D eigenvalue weighted by atomic mass is 14.2. The van der Waals surface area contributed by atoms with Crippen molar-refractivity contribution in [2.45, 2.75) is 13.3 Å². The fraction of sp³-hybridized carbons (Fsp3) is 0.125. The van der Waals surface area contributed by atoms with E-state index in [9.17, 15) is 0 Å². The first-order valence-electron chi connectivity index (χ1n) is 5.40. The van der Waals surface area contributed by atoms with Gasteiger partial charge in [-0.1, -0.05) is 48.5 Å². The Morgan fingerprint density at radius 3 is 1.69 bits per heavy atom. The highest BCUT2D eigenvalue weighted by Gasteiger charge is 2.15. The van der Waals surface area contributed by atoms with Gasteiger partial charge in [0.2, 0.25) is 0 Å². The summed E-state index contributed by atoms with van der Waals surface area (Å²) in [4.78, 5) is 0. The number of fused-ring (bicyclic) bond motifs is 3. The van der Waals surface area contributed by atoms with Gasteiger partial charge in [0.1, 0.15) is 0 Å². The Bertz CT molecular complexity index is 486. The molecule has 78 valence electrons. The van der Waals surface area contributed by atoms with Crippen LogP contribution in [0.15, 0.2) is 48.5 Å². The summed E-state index contributed by atoms with van der Waals surface area (Å²) in [5.41, 5.74) is 5.75. The van der Waals surface area contributed by atoms with Crippen molar-refractivity contribution in [2.75, 3.05) is 0 Å². The van der Waals surface area contributed by atoms with E-state index in [0.717, 1.165) is 6.42 Å². The van der Waals surface area contributed by atoms with Crippen molar-refractivity contribution < 1.29 is 0 Å². The first-order valence-corrected chi connectivity index (χ1v) is 5.40. The summed E-state index contributed by atoms with van der Waals surface area (Å²) < 4.78 is 0. The van der Waals surface area contributed by atoms with Gasteiger partial charge >= 0.3 is 0 Å². The van der Waals surface area contributed by atoms with Crippen molar-refractivity contribution in [3.8, 4) is 23.5 Å². The van der Waals surface area contributed by atoms with Crippen molar-refractivity contribution in [2.24, 2.45) is 0 Å². The molecule has 16 heavy (non-hydrogen) atoms. The molecule has 0 bridgehead atoms. The van der Waals surface area contributed by atoms with E-state index in [2.05, 4.69) is 60.9 Å². The summed E-state index contributed by atoms with van der Waals surface area (Å²) in [7, 11) is 0. The van der Waals surface area contributed by atoms with Crippen LogP contribution < -0.4 is 0 Å². The van der Waals surface area contributed by atoms with Crippen molar-refractivity contribution in [1.82, 2.24) is 0 Å². The van der Waals surface area contributed by atoms with Crippen LogP contribution in [0, 0.1) is 12.3 Å². The zero-order chi connectivity index (χ0) is 11.4. The second-order valence-corrected chi connectivity index (χ2v) is 3.78. The summed E-state index contributed by atoms with van der Waals surface area (Å²) >= 11 is 0. The number of hydrogen-bond acceptors (Lipinski definition) is 0. The second kappa shape index (κ2) is 4.68. The normalized spacial score (nSPS) is 10.5. The smallest absolute Gasteiger partial charge is 0.00135 e. The topological polar surface area (TPSA) is 0 Å². The van der Waals surface area contributed by atoms with E-state index >= 15 is 0 Å². The third-order valence-corrected chi connectivity index (χ3v) is 2.71. The Kier molecular flexibility index (Phi) is 3.08. The molecule has 0 nitrogen and oxygen atoms in total. The minimum Gasteiger partial charge on any atom is -0.120 e. The van der Waals surface area contributed by atoms with Crippen LogP contribution in [0.1, 0.15) is 18.1 Å². The zero-order valence-corrected chi connectivity index (χ0v) is 9.40. The van der Waals surface area contributed by atoms with Crippen molar-refractivity contribution in [3.05, 3.63) is 59.7 Å². The molecule has 0 aromatic heterocycles. The predicted octanol–water partition coefficient (Wildman–Crippen LogP) is 3.90. The van der Waals surface area contributed by atoms with Crippen molar-refractivity contribution >= 4 is 0 Å². The molecule has 1 aliphatic carbocycles. The summed E-state index contributed by atoms with van der Waals surface area (Å²) in [6.45, 7) is 1.65. The van der Waals surface area contributed by atoms with E-state index in [1.54, 1.807) is 6.92 Å². The number of hydrogen-bond donors (Lipinski definition) is 0. The Morgan fingerprint density at radius 2 is 1.25 bits per heavy atom. The molecule has 0 saturated carbocycles. The van der Waals surface area contributed by atoms with Crippen LogP contribution in [0.2, 0.25) is 0 Å². The summed E-state index contributed by atoms with van der Waals surface area (Å²) in [5, 5.41) is 0. The van der Waals surface area contributed by atoms with E-state index in [0.29, 0.717) is 0 Å². The molecular weight excluding hydrogens is 192 g/mol. The SMILES string of the molecule is C#CC.c1ccc2c(c1)Cc1ccccc1-2. The van der Waals surface area contributed by atoms with E-state index < -0.39 is 0 Å². The first kappa shape index (κ1) is 10.5. The van der Waals surface area contributed by atoms with Gasteiger partial charge in [-0.3, -0.25) is 0 Å². The molecule has 0 saturated heterocycles. The van der Waals surface area contributed by atoms with Gasteiger partial charge in [-0.05, 0) is 35.6 Å². The minimum atomic E-state index is 1.10. The molecule has 0 N–H and O–H groups in total. The molecule has 0 fully saturated rings. The lowest BCUT2D eigenvalue weighted by Crippen LogP contribution is -1.77. The fourth-order valence-corrected chi connectivity index (χ4v) is 2.08. The van der Waals surface area contributed by atoms with Crippen LogP contribution >= 0.6 is 0 Å². The number of rotatable bonds is 0. The minimum absolute atomic E-state index is 1.10. The van der Waals surface area contributed by atoms with Gasteiger partial charge < -0.3 is 0 Å². The molecule has 0 unspecified atom stereocenters. The summed E-state index contributed by atoms with van der Waals surface area (Å²) in [6, 6.07) is 17.3. The molecular formula is C16H14. The average Bonchev–Trinajstić information content (AvgIpc) is 2.68. The van der Waals surface area contributed by atoms with Gasteiger partial charge in [-0.2, -0.15) is 0 Å². The molecule has 2 aromatic rings. The standard InChI is InChI=1S/C13H10.C3H4/c1-3-7-12-10(5-1)9-11-6-2-4-8-13(11)12;1-3-2/h1-8H,9H2;1H,2H3. The van der Waals surface area contributed by atoms with Gasteiger partial charge in [-0.15, -0.1) is 12.3 Å². The van der Waals surface area contributed by atoms with Gasteiger partial charge in [-0.25, -0.2) is 0 Å². The van der Waals surface area contributed by atoms with Gasteiger partial charge in [0.25, 0.3) is 0 Å². The quantitative estimate of drug-likeness (QED) is 0.489. The van der Waals surface area contributed by atoms with Crippen LogP contribution in [0.3, 0.4) is 0 Å². The van der Waals surface area contributed by atoms with E-state index in [1.165, 1.54) is 22.3 Å². The fourth-order valence-electron chi connectivity index (χ4n) is 2.08. The molecule has 3 rings (SSSR count). The lowest BCUT2D eigenvalue weighted by atomic mass is 10.1. The van der Waals surface area contributed by atoms with Gasteiger partial charge in [0.05, 0.1) is 0 Å². The molecule has 0 aliphatic heterocycles. The molecule has 0 heterocycles. The third kappa shape index (κ3) is 1.85. The Hall–Kier alpha value is -2.00. The average molecular weight is 206 g/mol. The Morgan fingerprint density at radius 1 is 0.875 bits per heavy atom. The predicted molar refractivity (Wildman–Crippen MR) is 69.2 cm³/mol. The lowest BCUT2D eigenvalue weighted by Gasteiger charge is -1.98. The molecule has 0 heteroatoms. The van der Waals surface area contributed by atoms with Gasteiger partial charge in [0, 0.05) is 0 Å². The van der Waals surface area contributed by atoms with Gasteiger partial charge in [0.15, 0.2) is 0 Å². The van der Waals surface area contributed by atoms with Crippen LogP contribution in [0.25, 0.3) is 11.1 Å². The molecule has 0 spiro atoms. The maximum absolute atomic E-state index is 4.60. The molecule has 1 aliphatic rings. The van der Waals surface area contributed by atoms with Crippen molar-refractivity contribution in [3.63, 3.8) is 0 Å². The number of terminal acetylenes is 1. The van der Waals surface area contributed by atoms with Crippen molar-refractivity contribution in [1.29, 1.82) is 0 Å². The van der Waals surface area contributed by atoms with Crippen LogP contribution in [0.5, 0.6) is 0 Å². The maximum Gasteiger partial charge on any atom is -0.00135 e. The summed E-state index contributed by atoms with van der Waals surface area (Å²) in [6.07, 6.45) is 5.70. The van der Waals surface area contributed by atoms with Crippen LogP contribution in [-0.2, 0) is 6.42 Å². The third-order valence-electron chi connectivity index (χ3n) is 2.71. The monoisotopic (exact) mass is 206 g/mol. The Balaban J connectivity index is 0.000000292. The highest BCUT2D eigenvalue weighted by molar-refractivity contribution is 5.76. The molecule has 0 atom stereocenters. The van der Waals surface area contributed by atoms with Crippen LogP contribution in [0.4, 0.5) is 0 Å². The molecule has 0 radical (unpaired) electrons. The van der Waals surface area contributed by atoms with Crippen LogP contribution in [-0.4, -0.2) is 0 Å².